The number of nitrogens with zero attached hydrogens (tertiary/aromatic N) is 3. The van der Waals surface area contributed by atoms with Crippen molar-refractivity contribution in [3.8, 4) is 5.75 Å². The summed E-state index contributed by atoms with van der Waals surface area (Å²) in [5.74, 6) is 1.67. The van der Waals surface area contributed by atoms with E-state index in [9.17, 15) is 4.79 Å². The Balaban J connectivity index is 1.43. The molecular weight excluding hydrogens is 364 g/mol. The SMILES string of the molecule is COc1ccc(C)cc1/C=C/C(=O)N1CCCN(c2nc3ccccc3[nH]2)CC1. The van der Waals surface area contributed by atoms with E-state index in [0.29, 0.717) is 6.54 Å². The fraction of sp³-hybridized carbons (Fsp3) is 0.304. The van der Waals surface area contributed by atoms with E-state index in [1.807, 2.05) is 60.4 Å². The predicted molar refractivity (Wildman–Crippen MR) is 116 cm³/mol. The van der Waals surface area contributed by atoms with E-state index in [1.165, 1.54) is 0 Å². The van der Waals surface area contributed by atoms with Gasteiger partial charge in [-0.1, -0.05) is 23.8 Å². The van der Waals surface area contributed by atoms with Crippen molar-refractivity contribution in [3.63, 3.8) is 0 Å². The van der Waals surface area contributed by atoms with Crippen LogP contribution in [-0.2, 0) is 4.79 Å². The molecule has 1 fully saturated rings. The van der Waals surface area contributed by atoms with Crippen molar-refractivity contribution in [2.75, 3.05) is 38.2 Å². The Bertz CT molecular complexity index is 1010. The second-order valence-electron chi connectivity index (χ2n) is 7.32. The van der Waals surface area contributed by atoms with E-state index >= 15 is 0 Å². The number of hydrogen-bond acceptors (Lipinski definition) is 4. The van der Waals surface area contributed by atoms with Crippen LogP contribution in [-0.4, -0.2) is 54.1 Å². The molecule has 1 saturated heterocycles. The zero-order valence-corrected chi connectivity index (χ0v) is 16.9. The third-order valence-electron chi connectivity index (χ3n) is 5.27. The van der Waals surface area contributed by atoms with Crippen LogP contribution in [0, 0.1) is 6.92 Å². The summed E-state index contributed by atoms with van der Waals surface area (Å²) in [6.07, 6.45) is 4.40. The summed E-state index contributed by atoms with van der Waals surface area (Å²) < 4.78 is 5.39. The molecule has 1 aromatic heterocycles. The lowest BCUT2D eigenvalue weighted by Gasteiger charge is -2.20. The van der Waals surface area contributed by atoms with Crippen LogP contribution in [0.5, 0.6) is 5.75 Å². The first kappa shape index (κ1) is 19.1. The number of nitrogens with one attached hydrogen (secondary N) is 1. The predicted octanol–water partition coefficient (Wildman–Crippen LogP) is 3.63. The number of anilines is 1. The highest BCUT2D eigenvalue weighted by molar-refractivity contribution is 5.92. The second kappa shape index (κ2) is 8.39. The zero-order chi connectivity index (χ0) is 20.2. The number of fused-ring (bicyclic) bond motifs is 1. The van der Waals surface area contributed by atoms with Gasteiger partial charge in [0.25, 0.3) is 0 Å². The van der Waals surface area contributed by atoms with Crippen LogP contribution >= 0.6 is 0 Å². The number of aromatic nitrogens is 2. The summed E-state index contributed by atoms with van der Waals surface area (Å²) >= 11 is 0. The molecule has 0 bridgehead atoms. The summed E-state index contributed by atoms with van der Waals surface area (Å²) in [7, 11) is 1.64. The lowest BCUT2D eigenvalue weighted by molar-refractivity contribution is -0.125. The maximum atomic E-state index is 12.7. The molecule has 1 aliphatic heterocycles. The van der Waals surface area contributed by atoms with E-state index in [2.05, 4.69) is 9.88 Å². The third kappa shape index (κ3) is 4.26. The molecule has 3 aromatic rings. The number of methoxy groups -OCH3 is 1. The van der Waals surface area contributed by atoms with E-state index in [1.54, 1.807) is 13.2 Å². The molecule has 2 heterocycles. The molecule has 0 aliphatic carbocycles. The quantitative estimate of drug-likeness (QED) is 0.691. The summed E-state index contributed by atoms with van der Waals surface area (Å²) in [5, 5.41) is 0. The first-order valence-electron chi connectivity index (χ1n) is 9.95. The first-order chi connectivity index (χ1) is 14.1. The molecule has 0 atom stereocenters. The molecule has 4 rings (SSSR count). The van der Waals surface area contributed by atoms with Gasteiger partial charge in [0.05, 0.1) is 18.1 Å². The molecule has 2 aromatic carbocycles. The highest BCUT2D eigenvalue weighted by Gasteiger charge is 2.19. The van der Waals surface area contributed by atoms with Gasteiger partial charge in [0, 0.05) is 37.8 Å². The van der Waals surface area contributed by atoms with Gasteiger partial charge < -0.3 is 19.5 Å². The number of carbonyl (C=O) groups excluding carboxylic acids is 1. The van der Waals surface area contributed by atoms with Crippen molar-refractivity contribution in [2.45, 2.75) is 13.3 Å². The number of hydrogen-bond donors (Lipinski definition) is 1. The molecule has 29 heavy (non-hydrogen) atoms. The van der Waals surface area contributed by atoms with Crippen LogP contribution in [0.4, 0.5) is 5.95 Å². The number of carbonyl (C=O) groups is 1. The zero-order valence-electron chi connectivity index (χ0n) is 16.9. The Labute approximate surface area is 170 Å². The van der Waals surface area contributed by atoms with Gasteiger partial charge in [0.1, 0.15) is 5.75 Å². The Kier molecular flexibility index (Phi) is 5.51. The van der Waals surface area contributed by atoms with Crippen LogP contribution in [0.1, 0.15) is 17.5 Å². The number of H-pyrrole nitrogens is 1. The number of amides is 1. The number of ether oxygens (including phenoxy) is 1. The fourth-order valence-electron chi connectivity index (χ4n) is 3.69. The van der Waals surface area contributed by atoms with Crippen LogP contribution in [0.3, 0.4) is 0 Å². The third-order valence-corrected chi connectivity index (χ3v) is 5.27. The van der Waals surface area contributed by atoms with Crippen LogP contribution in [0.15, 0.2) is 48.5 Å². The minimum atomic E-state index is 0.0278. The molecular formula is C23H26N4O2. The number of para-hydroxylation sites is 2. The van der Waals surface area contributed by atoms with Gasteiger partial charge in [-0.15, -0.1) is 0 Å². The Hall–Kier alpha value is -3.28. The van der Waals surface area contributed by atoms with Crippen molar-refractivity contribution < 1.29 is 9.53 Å². The van der Waals surface area contributed by atoms with Gasteiger partial charge in [-0.3, -0.25) is 4.79 Å². The van der Waals surface area contributed by atoms with Crippen LogP contribution in [0.25, 0.3) is 17.1 Å². The van der Waals surface area contributed by atoms with Gasteiger partial charge in [0.15, 0.2) is 0 Å². The maximum absolute atomic E-state index is 12.7. The lowest BCUT2D eigenvalue weighted by atomic mass is 10.1. The highest BCUT2D eigenvalue weighted by atomic mass is 16.5. The number of imidazole rings is 1. The van der Waals surface area contributed by atoms with Crippen molar-refractivity contribution in [2.24, 2.45) is 0 Å². The van der Waals surface area contributed by atoms with Gasteiger partial charge in [-0.25, -0.2) is 4.98 Å². The highest BCUT2D eigenvalue weighted by Crippen LogP contribution is 2.22. The average molecular weight is 390 g/mol. The van der Waals surface area contributed by atoms with E-state index in [-0.39, 0.29) is 5.91 Å². The van der Waals surface area contributed by atoms with Crippen molar-refractivity contribution in [3.05, 3.63) is 59.7 Å². The van der Waals surface area contributed by atoms with E-state index in [4.69, 9.17) is 9.72 Å². The molecule has 6 heteroatoms. The Morgan fingerprint density at radius 1 is 1.14 bits per heavy atom. The van der Waals surface area contributed by atoms with Gasteiger partial charge in [-0.2, -0.15) is 0 Å². The summed E-state index contributed by atoms with van der Waals surface area (Å²) in [4.78, 5) is 25.0. The fourth-order valence-corrected chi connectivity index (χ4v) is 3.69. The van der Waals surface area contributed by atoms with E-state index in [0.717, 1.165) is 59.9 Å². The van der Waals surface area contributed by atoms with Crippen LogP contribution in [0.2, 0.25) is 0 Å². The second-order valence-corrected chi connectivity index (χ2v) is 7.32. The molecule has 0 spiro atoms. The monoisotopic (exact) mass is 390 g/mol. The van der Waals surface area contributed by atoms with Crippen molar-refractivity contribution in [1.82, 2.24) is 14.9 Å². The topological polar surface area (TPSA) is 61.5 Å². The molecule has 0 saturated carbocycles. The van der Waals surface area contributed by atoms with Crippen molar-refractivity contribution in [1.29, 1.82) is 0 Å². The minimum Gasteiger partial charge on any atom is -0.496 e. The minimum absolute atomic E-state index is 0.0278. The molecule has 150 valence electrons. The normalized spacial score (nSPS) is 15.1. The number of benzene rings is 2. The van der Waals surface area contributed by atoms with Crippen LogP contribution < -0.4 is 9.64 Å². The van der Waals surface area contributed by atoms with Gasteiger partial charge in [-0.05, 0) is 43.7 Å². The van der Waals surface area contributed by atoms with Gasteiger partial charge in [0.2, 0.25) is 11.9 Å². The molecule has 1 amide bonds. The standard InChI is InChI=1S/C23H26N4O2/c1-17-8-10-21(29-2)18(16-17)9-11-22(28)26-12-5-13-27(15-14-26)23-24-19-6-3-4-7-20(19)25-23/h3-4,6-11,16H,5,12-15H2,1-2H3,(H,24,25)/b11-9+. The van der Waals surface area contributed by atoms with Crippen molar-refractivity contribution >= 4 is 29.0 Å². The molecule has 0 unspecified atom stereocenters. The lowest BCUT2D eigenvalue weighted by Crippen LogP contribution is -2.34. The number of aromatic amines is 1. The summed E-state index contributed by atoms with van der Waals surface area (Å²) in [6.45, 7) is 5.07. The largest absolute Gasteiger partial charge is 0.496 e. The van der Waals surface area contributed by atoms with Gasteiger partial charge >= 0.3 is 0 Å². The Morgan fingerprint density at radius 2 is 2.00 bits per heavy atom. The smallest absolute Gasteiger partial charge is 0.246 e. The molecule has 6 nitrogen and oxygen atoms in total. The summed E-state index contributed by atoms with van der Waals surface area (Å²) in [6, 6.07) is 14.0. The van der Waals surface area contributed by atoms with E-state index < -0.39 is 0 Å². The summed E-state index contributed by atoms with van der Waals surface area (Å²) in [5.41, 5.74) is 4.05. The molecule has 0 radical (unpaired) electrons. The first-order valence-corrected chi connectivity index (χ1v) is 9.95. The molecule has 1 aliphatic rings. The molecule has 1 N–H and O–H groups in total. The number of rotatable bonds is 4. The Morgan fingerprint density at radius 3 is 2.83 bits per heavy atom. The number of aryl methyl sites for hydroxylation is 1. The maximum Gasteiger partial charge on any atom is 0.246 e. The average Bonchev–Trinajstić information content (AvgIpc) is 3.01.